The largest absolute Gasteiger partial charge is 0.364 e. The first-order chi connectivity index (χ1) is 9.14. The number of rotatable bonds is 2. The molecule has 2 heterocycles. The molecule has 5 heteroatoms. The van der Waals surface area contributed by atoms with Crippen molar-refractivity contribution < 1.29 is 8.42 Å². The zero-order valence-corrected chi connectivity index (χ0v) is 14.0. The van der Waals surface area contributed by atoms with Gasteiger partial charge >= 0.3 is 0 Å². The van der Waals surface area contributed by atoms with Gasteiger partial charge in [0.05, 0.1) is 5.25 Å². The Morgan fingerprint density at radius 3 is 2.50 bits per heavy atom. The quantitative estimate of drug-likeness (QED) is 0.913. The van der Waals surface area contributed by atoms with Crippen LogP contribution in [-0.4, -0.2) is 29.5 Å². The number of fused-ring (bicyclic) bond motifs is 1. The summed E-state index contributed by atoms with van der Waals surface area (Å²) in [5.41, 5.74) is 3.65. The monoisotopic (exact) mass is 298 g/mol. The second-order valence-electron chi connectivity index (χ2n) is 6.94. The van der Waals surface area contributed by atoms with E-state index >= 15 is 0 Å². The molecule has 1 N–H and O–H groups in total. The molecule has 0 aliphatic carbocycles. The highest BCUT2D eigenvalue weighted by Gasteiger charge is 2.31. The highest BCUT2D eigenvalue weighted by Crippen LogP contribution is 2.32. The van der Waals surface area contributed by atoms with Crippen molar-refractivity contribution in [3.63, 3.8) is 0 Å². The molecule has 1 aliphatic rings. The van der Waals surface area contributed by atoms with Gasteiger partial charge < -0.3 is 4.98 Å². The number of aromatic amines is 1. The minimum atomic E-state index is -3.19. The topological polar surface area (TPSA) is 53.2 Å². The second-order valence-corrected chi connectivity index (χ2v) is 9.43. The van der Waals surface area contributed by atoms with Gasteiger partial charge in [-0.05, 0) is 43.2 Å². The Bertz CT molecular complexity index is 580. The third kappa shape index (κ3) is 2.79. The molecule has 0 unspecified atom stereocenters. The van der Waals surface area contributed by atoms with Gasteiger partial charge in [-0.1, -0.05) is 20.8 Å². The summed E-state index contributed by atoms with van der Waals surface area (Å²) in [6.07, 6.45) is 3.86. The van der Waals surface area contributed by atoms with Gasteiger partial charge in [-0.25, -0.2) is 8.42 Å². The molecule has 0 saturated heterocycles. The fourth-order valence-electron chi connectivity index (χ4n) is 2.77. The van der Waals surface area contributed by atoms with E-state index < -0.39 is 10.0 Å². The van der Waals surface area contributed by atoms with Gasteiger partial charge in [0.25, 0.3) is 0 Å². The van der Waals surface area contributed by atoms with Crippen molar-refractivity contribution in [2.45, 2.75) is 64.7 Å². The summed E-state index contributed by atoms with van der Waals surface area (Å²) in [6.45, 7) is 11.1. The molecule has 20 heavy (non-hydrogen) atoms. The SMILES string of the molecule is CC(C)S(=O)(=O)N1CCCc2[nH]cc(C(C)(C)C)c2C1. The van der Waals surface area contributed by atoms with Crippen LogP contribution in [0.1, 0.15) is 57.9 Å². The van der Waals surface area contributed by atoms with Crippen LogP contribution in [0.25, 0.3) is 0 Å². The zero-order valence-electron chi connectivity index (χ0n) is 13.2. The predicted molar refractivity (Wildman–Crippen MR) is 82.3 cm³/mol. The van der Waals surface area contributed by atoms with E-state index in [2.05, 4.69) is 32.0 Å². The molecule has 1 aromatic rings. The molecular formula is C15H26N2O2S. The molecule has 1 aliphatic heterocycles. The van der Waals surface area contributed by atoms with Crippen molar-refractivity contribution in [1.29, 1.82) is 0 Å². The molecule has 0 amide bonds. The second kappa shape index (κ2) is 5.19. The first-order valence-corrected chi connectivity index (χ1v) is 8.83. The van der Waals surface area contributed by atoms with Gasteiger partial charge in [-0.3, -0.25) is 0 Å². The molecule has 0 bridgehead atoms. The number of nitrogens with zero attached hydrogens (tertiary/aromatic N) is 1. The number of H-pyrrole nitrogens is 1. The van der Waals surface area contributed by atoms with E-state index in [1.54, 1.807) is 18.2 Å². The van der Waals surface area contributed by atoms with Crippen LogP contribution in [0.4, 0.5) is 0 Å². The Morgan fingerprint density at radius 2 is 1.95 bits per heavy atom. The summed E-state index contributed by atoms with van der Waals surface area (Å²) < 4.78 is 26.6. The van der Waals surface area contributed by atoms with Crippen molar-refractivity contribution in [1.82, 2.24) is 9.29 Å². The van der Waals surface area contributed by atoms with Crippen molar-refractivity contribution in [2.75, 3.05) is 6.54 Å². The van der Waals surface area contributed by atoms with Crippen LogP contribution in [0, 0.1) is 0 Å². The Hall–Kier alpha value is -0.810. The molecule has 0 spiro atoms. The highest BCUT2D eigenvalue weighted by atomic mass is 32.2. The normalized spacial score (nSPS) is 18.1. The lowest BCUT2D eigenvalue weighted by molar-refractivity contribution is 0.402. The standard InChI is InChI=1S/C15H26N2O2S/c1-11(2)20(18,19)17-8-6-7-14-12(10-17)13(9-16-14)15(3,4)5/h9,11,16H,6-8,10H2,1-5H3. The predicted octanol–water partition coefficient (Wildman–Crippen LogP) is 2.80. The number of sulfonamides is 1. The third-order valence-corrected chi connectivity index (χ3v) is 6.24. The number of aromatic nitrogens is 1. The maximum Gasteiger partial charge on any atom is 0.216 e. The summed E-state index contributed by atoms with van der Waals surface area (Å²) >= 11 is 0. The van der Waals surface area contributed by atoms with E-state index in [4.69, 9.17) is 0 Å². The van der Waals surface area contributed by atoms with Crippen LogP contribution in [0.15, 0.2) is 6.20 Å². The lowest BCUT2D eigenvalue weighted by atomic mass is 9.85. The zero-order chi connectivity index (χ0) is 15.1. The lowest BCUT2D eigenvalue weighted by Crippen LogP contribution is -2.36. The Morgan fingerprint density at radius 1 is 1.30 bits per heavy atom. The maximum absolute atomic E-state index is 12.4. The molecule has 0 aromatic carbocycles. The van der Waals surface area contributed by atoms with Gasteiger partial charge in [-0.15, -0.1) is 0 Å². The Labute approximate surface area is 122 Å². The van der Waals surface area contributed by atoms with E-state index in [0.29, 0.717) is 13.1 Å². The van der Waals surface area contributed by atoms with E-state index in [1.807, 2.05) is 0 Å². The summed E-state index contributed by atoms with van der Waals surface area (Å²) in [4.78, 5) is 3.35. The fourth-order valence-corrected chi connectivity index (χ4v) is 4.06. The van der Waals surface area contributed by atoms with E-state index in [-0.39, 0.29) is 10.7 Å². The van der Waals surface area contributed by atoms with Crippen molar-refractivity contribution in [2.24, 2.45) is 0 Å². The number of nitrogens with one attached hydrogen (secondary N) is 1. The Kier molecular flexibility index (Phi) is 4.04. The Balaban J connectivity index is 2.41. The van der Waals surface area contributed by atoms with Gasteiger partial charge in [0.15, 0.2) is 0 Å². The molecule has 2 rings (SSSR count). The molecule has 114 valence electrons. The molecule has 0 radical (unpaired) electrons. The summed E-state index contributed by atoms with van der Waals surface area (Å²) in [5, 5.41) is -0.360. The summed E-state index contributed by atoms with van der Waals surface area (Å²) in [5.74, 6) is 0. The van der Waals surface area contributed by atoms with Gasteiger partial charge in [0.1, 0.15) is 0 Å². The smallest absolute Gasteiger partial charge is 0.216 e. The minimum Gasteiger partial charge on any atom is -0.364 e. The average molecular weight is 298 g/mol. The molecule has 1 aromatic heterocycles. The van der Waals surface area contributed by atoms with Gasteiger partial charge in [0, 0.05) is 25.0 Å². The minimum absolute atomic E-state index is 0.0295. The molecule has 0 atom stereocenters. The fraction of sp³-hybridized carbons (Fsp3) is 0.733. The number of hydrogen-bond donors (Lipinski definition) is 1. The lowest BCUT2D eigenvalue weighted by Gasteiger charge is -2.25. The van der Waals surface area contributed by atoms with E-state index in [1.165, 1.54) is 16.8 Å². The first-order valence-electron chi connectivity index (χ1n) is 7.32. The van der Waals surface area contributed by atoms with Crippen molar-refractivity contribution >= 4 is 10.0 Å². The van der Waals surface area contributed by atoms with Crippen LogP contribution in [0.3, 0.4) is 0 Å². The highest BCUT2D eigenvalue weighted by molar-refractivity contribution is 7.89. The van der Waals surface area contributed by atoms with Crippen LogP contribution < -0.4 is 0 Å². The summed E-state index contributed by atoms with van der Waals surface area (Å²) in [7, 11) is -3.19. The van der Waals surface area contributed by atoms with Crippen LogP contribution in [0.5, 0.6) is 0 Å². The molecular weight excluding hydrogens is 272 g/mol. The molecule has 4 nitrogen and oxygen atoms in total. The first kappa shape index (κ1) is 15.6. The maximum atomic E-state index is 12.4. The third-order valence-electron chi connectivity index (χ3n) is 4.01. The van der Waals surface area contributed by atoms with E-state index in [9.17, 15) is 8.42 Å². The van der Waals surface area contributed by atoms with Crippen molar-refractivity contribution in [3.05, 3.63) is 23.0 Å². The summed E-state index contributed by atoms with van der Waals surface area (Å²) in [6, 6.07) is 0. The molecule has 0 saturated carbocycles. The van der Waals surface area contributed by atoms with Crippen LogP contribution in [-0.2, 0) is 28.4 Å². The molecule has 0 fully saturated rings. The van der Waals surface area contributed by atoms with Crippen molar-refractivity contribution in [3.8, 4) is 0 Å². The number of aryl methyl sites for hydroxylation is 1. The number of hydrogen-bond acceptors (Lipinski definition) is 2. The van der Waals surface area contributed by atoms with Crippen LogP contribution >= 0.6 is 0 Å². The van der Waals surface area contributed by atoms with E-state index in [0.717, 1.165) is 12.8 Å². The van der Waals surface area contributed by atoms with Gasteiger partial charge in [0.2, 0.25) is 10.0 Å². The van der Waals surface area contributed by atoms with Crippen LogP contribution in [0.2, 0.25) is 0 Å². The average Bonchev–Trinajstić information content (AvgIpc) is 2.59. The van der Waals surface area contributed by atoms with Gasteiger partial charge in [-0.2, -0.15) is 4.31 Å².